The Hall–Kier alpha value is -3.04. The van der Waals surface area contributed by atoms with Crippen LogP contribution in [-0.4, -0.2) is 19.5 Å². The lowest BCUT2D eigenvalue weighted by Gasteiger charge is -2.14. The van der Waals surface area contributed by atoms with Gasteiger partial charge in [-0.25, -0.2) is 22.2 Å². The van der Waals surface area contributed by atoms with Crippen molar-refractivity contribution in [3.63, 3.8) is 0 Å². The zero-order chi connectivity index (χ0) is 21.9. The number of rotatable bonds is 6. The van der Waals surface area contributed by atoms with Gasteiger partial charge in [-0.05, 0) is 59.7 Å². The second-order valence-electron chi connectivity index (χ2n) is 6.27. The molecule has 0 radical (unpaired) electrons. The van der Waals surface area contributed by atoms with E-state index < -0.39 is 27.6 Å². The summed E-state index contributed by atoms with van der Waals surface area (Å²) >= 11 is 5.80. The van der Waals surface area contributed by atoms with Crippen molar-refractivity contribution in [2.24, 2.45) is 0 Å². The van der Waals surface area contributed by atoms with Crippen molar-refractivity contribution in [3.8, 4) is 0 Å². The molecule has 0 saturated heterocycles. The minimum Gasteiger partial charge on any atom is -0.530 e. The fraction of sp³-hybridized carbons (Fsp3) is 0.100. The highest BCUT2D eigenvalue weighted by Gasteiger charge is 2.21. The van der Waals surface area contributed by atoms with Gasteiger partial charge in [0, 0.05) is 18.0 Å². The van der Waals surface area contributed by atoms with E-state index in [0.717, 1.165) is 18.2 Å². The average molecular weight is 452 g/mol. The molecule has 1 heterocycles. The Morgan fingerprint density at radius 3 is 2.40 bits per heavy atom. The van der Waals surface area contributed by atoms with Gasteiger partial charge in [0.1, 0.15) is 17.7 Å². The summed E-state index contributed by atoms with van der Waals surface area (Å²) in [7, 11) is -4.02. The molecule has 0 fully saturated rings. The van der Waals surface area contributed by atoms with Crippen LogP contribution in [0.4, 0.5) is 13.6 Å². The number of pyridine rings is 1. The Morgan fingerprint density at radius 2 is 1.73 bits per heavy atom. The molecular weight excluding hydrogens is 438 g/mol. The van der Waals surface area contributed by atoms with Gasteiger partial charge < -0.3 is 15.2 Å². The Bertz CT molecular complexity index is 1200. The molecule has 10 heteroatoms. The van der Waals surface area contributed by atoms with E-state index in [1.54, 1.807) is 0 Å². The average Bonchev–Trinajstić information content (AvgIpc) is 2.70. The highest BCUT2D eigenvalue weighted by molar-refractivity contribution is 7.91. The van der Waals surface area contributed by atoms with Gasteiger partial charge in [0.15, 0.2) is 5.03 Å². The van der Waals surface area contributed by atoms with Crippen LogP contribution in [0, 0.1) is 11.6 Å². The number of amides is 1. The van der Waals surface area contributed by atoms with Crippen LogP contribution in [0.15, 0.2) is 64.5 Å². The van der Waals surface area contributed by atoms with Gasteiger partial charge in [0.05, 0.1) is 10.6 Å². The van der Waals surface area contributed by atoms with Crippen LogP contribution in [0.3, 0.4) is 0 Å². The molecule has 1 amide bonds. The summed E-state index contributed by atoms with van der Waals surface area (Å²) in [6.45, 7) is -0.247. The number of benzene rings is 2. The molecule has 0 spiro atoms. The van der Waals surface area contributed by atoms with Crippen LogP contribution in [0.2, 0.25) is 5.02 Å². The van der Waals surface area contributed by atoms with E-state index in [1.165, 1.54) is 36.4 Å². The van der Waals surface area contributed by atoms with Crippen LogP contribution >= 0.6 is 11.6 Å². The number of halogens is 3. The molecule has 0 bridgehead atoms. The SMILES string of the molecule is O=C([O-])NCc1ccc(S(=O)(=O)c2ccc(Cl)cc2)nc1Cc1cc(F)ccc1F. The maximum atomic E-state index is 14.1. The summed E-state index contributed by atoms with van der Waals surface area (Å²) in [6, 6.07) is 10.9. The molecule has 156 valence electrons. The Balaban J connectivity index is 2.06. The zero-order valence-corrected chi connectivity index (χ0v) is 16.8. The second kappa shape index (κ2) is 8.76. The number of hydrogen-bond acceptors (Lipinski definition) is 5. The summed E-state index contributed by atoms with van der Waals surface area (Å²) in [4.78, 5) is 14.8. The summed E-state index contributed by atoms with van der Waals surface area (Å²) in [6.07, 6.45) is -1.80. The fourth-order valence-corrected chi connectivity index (χ4v) is 4.07. The van der Waals surface area contributed by atoms with Crippen molar-refractivity contribution in [3.05, 3.63) is 88.1 Å². The number of hydrogen-bond donors (Lipinski definition) is 1. The van der Waals surface area contributed by atoms with Gasteiger partial charge in [0.2, 0.25) is 9.84 Å². The molecule has 0 unspecified atom stereocenters. The number of nitrogens with one attached hydrogen (secondary N) is 1. The van der Waals surface area contributed by atoms with Crippen molar-refractivity contribution in [1.82, 2.24) is 10.3 Å². The Morgan fingerprint density at radius 1 is 1.03 bits per heavy atom. The summed E-state index contributed by atoms with van der Waals surface area (Å²) in [5.74, 6) is -1.38. The number of nitrogens with zero attached hydrogens (tertiary/aromatic N) is 1. The highest BCUT2D eigenvalue weighted by Crippen LogP contribution is 2.24. The van der Waals surface area contributed by atoms with Crippen molar-refractivity contribution >= 4 is 27.5 Å². The van der Waals surface area contributed by atoms with Crippen molar-refractivity contribution in [2.45, 2.75) is 22.9 Å². The maximum Gasteiger partial charge on any atom is 0.223 e. The first-order valence-electron chi connectivity index (χ1n) is 8.55. The van der Waals surface area contributed by atoms with Gasteiger partial charge in [0.25, 0.3) is 0 Å². The molecule has 30 heavy (non-hydrogen) atoms. The van der Waals surface area contributed by atoms with E-state index in [-0.39, 0.29) is 39.7 Å². The molecule has 3 aromatic rings. The lowest BCUT2D eigenvalue weighted by atomic mass is 10.0. The Labute approximate surface area is 176 Å². The van der Waals surface area contributed by atoms with E-state index in [0.29, 0.717) is 5.02 Å². The molecule has 0 aliphatic carbocycles. The standard InChI is InChI=1S/C20H15ClF2N2O4S/c21-14-2-5-16(6-3-14)30(28,29)19-8-1-12(11-24-20(26)27)18(25-19)10-13-9-15(22)4-7-17(13)23/h1-9,24H,10-11H2,(H,26,27)/p-1. The minimum absolute atomic E-state index is 0.0529. The van der Waals surface area contributed by atoms with E-state index >= 15 is 0 Å². The smallest absolute Gasteiger partial charge is 0.223 e. The van der Waals surface area contributed by atoms with Crippen LogP contribution in [-0.2, 0) is 22.8 Å². The number of carbonyl (C=O) groups is 1. The highest BCUT2D eigenvalue weighted by atomic mass is 35.5. The molecule has 2 aromatic carbocycles. The Kier molecular flexibility index (Phi) is 6.33. The maximum absolute atomic E-state index is 14.1. The van der Waals surface area contributed by atoms with Gasteiger partial charge in [-0.15, -0.1) is 0 Å². The molecule has 6 nitrogen and oxygen atoms in total. The quantitative estimate of drug-likeness (QED) is 0.621. The van der Waals surface area contributed by atoms with Gasteiger partial charge in [-0.2, -0.15) is 0 Å². The lowest BCUT2D eigenvalue weighted by molar-refractivity contribution is -0.251. The van der Waals surface area contributed by atoms with E-state index in [4.69, 9.17) is 11.6 Å². The molecule has 0 aliphatic rings. The summed E-state index contributed by atoms with van der Waals surface area (Å²) < 4.78 is 53.4. The third kappa shape index (κ3) is 4.92. The normalized spacial score (nSPS) is 11.3. The van der Waals surface area contributed by atoms with Crippen LogP contribution in [0.1, 0.15) is 16.8 Å². The molecule has 0 aliphatic heterocycles. The molecule has 1 aromatic heterocycles. The second-order valence-corrected chi connectivity index (χ2v) is 8.60. The van der Waals surface area contributed by atoms with Gasteiger partial charge in [-0.1, -0.05) is 17.7 Å². The number of sulfone groups is 1. The van der Waals surface area contributed by atoms with Crippen molar-refractivity contribution < 1.29 is 27.1 Å². The van der Waals surface area contributed by atoms with Crippen molar-refractivity contribution in [1.29, 1.82) is 0 Å². The third-order valence-electron chi connectivity index (χ3n) is 4.23. The molecule has 0 saturated carbocycles. The summed E-state index contributed by atoms with van der Waals surface area (Å²) in [5.41, 5.74) is 0.305. The van der Waals surface area contributed by atoms with Crippen LogP contribution < -0.4 is 10.4 Å². The number of carboxylic acid groups (broad SMARTS) is 1. The fourth-order valence-electron chi connectivity index (χ4n) is 2.73. The zero-order valence-electron chi connectivity index (χ0n) is 15.2. The monoisotopic (exact) mass is 451 g/mol. The predicted molar refractivity (Wildman–Crippen MR) is 103 cm³/mol. The molecular formula is C20H14ClF2N2O4S-. The van der Waals surface area contributed by atoms with Crippen LogP contribution in [0.25, 0.3) is 0 Å². The largest absolute Gasteiger partial charge is 0.530 e. The van der Waals surface area contributed by atoms with Gasteiger partial charge >= 0.3 is 0 Å². The first kappa shape index (κ1) is 21.7. The summed E-state index contributed by atoms with van der Waals surface area (Å²) in [5, 5.41) is 12.8. The lowest BCUT2D eigenvalue weighted by Crippen LogP contribution is -2.36. The van der Waals surface area contributed by atoms with E-state index in [1.807, 2.05) is 5.32 Å². The first-order chi connectivity index (χ1) is 14.2. The first-order valence-corrected chi connectivity index (χ1v) is 10.4. The number of aromatic nitrogens is 1. The molecule has 0 atom stereocenters. The van der Waals surface area contributed by atoms with Crippen LogP contribution in [0.5, 0.6) is 0 Å². The van der Waals surface area contributed by atoms with E-state index in [9.17, 15) is 27.1 Å². The molecule has 3 rings (SSSR count). The van der Waals surface area contributed by atoms with E-state index in [2.05, 4.69) is 4.98 Å². The third-order valence-corrected chi connectivity index (χ3v) is 6.15. The van der Waals surface area contributed by atoms with Gasteiger partial charge in [-0.3, -0.25) is 0 Å². The topological polar surface area (TPSA) is 99.2 Å². The van der Waals surface area contributed by atoms with Crippen molar-refractivity contribution in [2.75, 3.05) is 0 Å². The molecule has 1 N–H and O–H groups in total. The number of carbonyl (C=O) groups excluding carboxylic acids is 1. The minimum atomic E-state index is -4.02. The predicted octanol–water partition coefficient (Wildman–Crippen LogP) is 2.87.